The van der Waals surface area contributed by atoms with Gasteiger partial charge in [0.1, 0.15) is 12.3 Å². The van der Waals surface area contributed by atoms with Gasteiger partial charge >= 0.3 is 6.01 Å². The van der Waals surface area contributed by atoms with E-state index in [1.165, 1.54) is 4.57 Å². The molecular formula is C10H13N5O6. The lowest BCUT2D eigenvalue weighted by molar-refractivity contribution is -0.153. The van der Waals surface area contributed by atoms with Crippen LogP contribution in [0.15, 0.2) is 4.79 Å². The first-order valence-corrected chi connectivity index (χ1v) is 6.08. The number of aliphatic hydroxyl groups is 2. The average Bonchev–Trinajstić information content (AvgIpc) is 2.98. The van der Waals surface area contributed by atoms with E-state index in [0.29, 0.717) is 0 Å². The minimum absolute atomic E-state index is 0.0380. The number of nitrogens with zero attached hydrogens (tertiary/aromatic N) is 3. The van der Waals surface area contributed by atoms with Crippen LogP contribution < -0.4 is 16.2 Å². The molecular weight excluding hydrogens is 286 g/mol. The molecule has 1 aliphatic rings. The maximum Gasteiger partial charge on any atom is 0.338 e. The zero-order valence-corrected chi connectivity index (χ0v) is 10.6. The van der Waals surface area contributed by atoms with Crippen molar-refractivity contribution < 1.29 is 25.1 Å². The third-order valence-electron chi connectivity index (χ3n) is 3.29. The molecule has 3 heterocycles. The predicted molar refractivity (Wildman–Crippen MR) is 67.4 cm³/mol. The Balaban J connectivity index is 2.15. The van der Waals surface area contributed by atoms with E-state index in [-0.39, 0.29) is 36.2 Å². The summed E-state index contributed by atoms with van der Waals surface area (Å²) in [6, 6.07) is -0.329. The number of anilines is 1. The van der Waals surface area contributed by atoms with E-state index in [0.717, 1.165) is 0 Å². The zero-order valence-electron chi connectivity index (χ0n) is 10.6. The molecule has 11 nitrogen and oxygen atoms in total. The minimum atomic E-state index is -0.914. The van der Waals surface area contributed by atoms with Crippen LogP contribution in [0.1, 0.15) is 12.6 Å². The van der Waals surface area contributed by atoms with Crippen molar-refractivity contribution in [2.24, 2.45) is 0 Å². The number of hydrogen-bond acceptors (Lipinski definition) is 9. The van der Waals surface area contributed by atoms with E-state index in [1.807, 2.05) is 0 Å². The summed E-state index contributed by atoms with van der Waals surface area (Å²) in [5.74, 6) is -0.143. The number of rotatable bonds is 3. The monoisotopic (exact) mass is 299 g/mol. The highest BCUT2D eigenvalue weighted by Crippen LogP contribution is 2.33. The van der Waals surface area contributed by atoms with Gasteiger partial charge in [0.25, 0.3) is 5.56 Å². The van der Waals surface area contributed by atoms with Gasteiger partial charge in [-0.1, -0.05) is 0 Å². The highest BCUT2D eigenvalue weighted by molar-refractivity contribution is 5.72. The van der Waals surface area contributed by atoms with E-state index in [2.05, 4.69) is 19.8 Å². The zero-order chi connectivity index (χ0) is 15.1. The first-order valence-electron chi connectivity index (χ1n) is 6.08. The molecule has 1 aliphatic heterocycles. The third-order valence-corrected chi connectivity index (χ3v) is 3.29. The van der Waals surface area contributed by atoms with E-state index in [4.69, 9.17) is 20.8 Å². The molecule has 114 valence electrons. The Kier molecular flexibility index (Phi) is 3.25. The van der Waals surface area contributed by atoms with Crippen molar-refractivity contribution in [3.63, 3.8) is 0 Å². The number of nitrogens with two attached hydrogens (primary N) is 1. The van der Waals surface area contributed by atoms with Crippen molar-refractivity contribution >= 4 is 17.1 Å². The lowest BCUT2D eigenvalue weighted by atomic mass is 10.2. The molecule has 0 radical (unpaired) electrons. The Morgan fingerprint density at radius 1 is 1.52 bits per heavy atom. The molecule has 0 spiro atoms. The number of aromatic amines is 1. The number of aliphatic hydroxyl groups excluding tert-OH is 2. The second kappa shape index (κ2) is 4.96. The Hall–Kier alpha value is -2.21. The number of aromatic nitrogens is 4. The molecule has 0 unspecified atom stereocenters. The Bertz CT molecular complexity index is 727. The molecule has 6 N–H and O–H groups in total. The molecule has 3 rings (SSSR count). The normalized spacial score (nSPS) is 25.6. The second-order valence-electron chi connectivity index (χ2n) is 4.59. The quantitative estimate of drug-likeness (QED) is 0.324. The van der Waals surface area contributed by atoms with Crippen molar-refractivity contribution in [2.75, 3.05) is 12.3 Å². The van der Waals surface area contributed by atoms with Gasteiger partial charge in [-0.15, -0.1) is 0 Å². The van der Waals surface area contributed by atoms with Gasteiger partial charge in [0.15, 0.2) is 11.2 Å². The largest absolute Gasteiger partial charge is 0.394 e. The molecule has 1 fully saturated rings. The number of H-pyrrole nitrogens is 1. The van der Waals surface area contributed by atoms with E-state index in [1.54, 1.807) is 0 Å². The van der Waals surface area contributed by atoms with Crippen molar-refractivity contribution in [1.82, 2.24) is 19.5 Å². The van der Waals surface area contributed by atoms with Crippen LogP contribution in [0.5, 0.6) is 6.01 Å². The number of ether oxygens (including phenoxy) is 1. The fourth-order valence-corrected chi connectivity index (χ4v) is 2.34. The first kappa shape index (κ1) is 13.8. The van der Waals surface area contributed by atoms with Gasteiger partial charge in [0.05, 0.1) is 12.7 Å². The SMILES string of the molecule is Nc1nc2c(nc(OO)n2[C@H]2C[C@H](O)[C@@H](CO)O2)c(=O)[nH]1. The van der Waals surface area contributed by atoms with Gasteiger partial charge in [0.2, 0.25) is 5.95 Å². The molecule has 0 aliphatic carbocycles. The molecule has 11 heteroatoms. The molecule has 2 aromatic rings. The second-order valence-corrected chi connectivity index (χ2v) is 4.59. The van der Waals surface area contributed by atoms with Gasteiger partial charge in [-0.2, -0.15) is 15.2 Å². The first-order chi connectivity index (χ1) is 10.0. The predicted octanol–water partition coefficient (Wildman–Crippen LogP) is -1.81. The maximum atomic E-state index is 11.8. The summed E-state index contributed by atoms with van der Waals surface area (Å²) >= 11 is 0. The smallest absolute Gasteiger partial charge is 0.338 e. The van der Waals surface area contributed by atoms with E-state index < -0.39 is 24.0 Å². The summed E-state index contributed by atoms with van der Waals surface area (Å²) in [7, 11) is 0. The van der Waals surface area contributed by atoms with Crippen LogP contribution in [0.4, 0.5) is 5.95 Å². The summed E-state index contributed by atoms with van der Waals surface area (Å²) in [6.07, 6.45) is -2.43. The molecule has 3 atom stereocenters. The topological polar surface area (TPSA) is 169 Å². The summed E-state index contributed by atoms with van der Waals surface area (Å²) in [5.41, 5.74) is 4.82. The number of nitrogen functional groups attached to an aromatic ring is 1. The van der Waals surface area contributed by atoms with E-state index >= 15 is 0 Å². The van der Waals surface area contributed by atoms with Crippen LogP contribution in [0.25, 0.3) is 11.2 Å². The standard InChI is InChI=1S/C10H13N5O6/c11-9-13-7-6(8(18)14-9)12-10(21-19)15(7)5-1-3(17)4(2-16)20-5/h3-5,16-17,19H,1-2H2,(H3,11,13,14,18)/t3-,4+,5+/m0/s1. The molecule has 0 saturated carbocycles. The van der Waals surface area contributed by atoms with E-state index in [9.17, 15) is 9.90 Å². The van der Waals surface area contributed by atoms with Crippen molar-refractivity contribution in [2.45, 2.75) is 24.9 Å². The summed E-state index contributed by atoms with van der Waals surface area (Å²) in [6.45, 7) is -0.379. The number of imidazole rings is 1. The van der Waals surface area contributed by atoms with Gasteiger partial charge < -0.3 is 20.7 Å². The average molecular weight is 299 g/mol. The lowest BCUT2D eigenvalue weighted by Gasteiger charge is -2.14. The molecule has 0 aromatic carbocycles. The minimum Gasteiger partial charge on any atom is -0.394 e. The number of fused-ring (bicyclic) bond motifs is 1. The molecule has 1 saturated heterocycles. The third kappa shape index (κ3) is 2.12. The summed E-state index contributed by atoms with van der Waals surface area (Å²) < 4.78 is 6.63. The van der Waals surface area contributed by atoms with Gasteiger partial charge in [-0.25, -0.2) is 4.57 Å². The molecule has 21 heavy (non-hydrogen) atoms. The fraction of sp³-hybridized carbons (Fsp3) is 0.500. The van der Waals surface area contributed by atoms with Gasteiger partial charge in [-0.3, -0.25) is 14.7 Å². The highest BCUT2D eigenvalue weighted by Gasteiger charge is 2.37. The summed E-state index contributed by atoms with van der Waals surface area (Å²) in [4.78, 5) is 25.9. The van der Waals surface area contributed by atoms with Crippen LogP contribution in [-0.2, 0) is 4.74 Å². The van der Waals surface area contributed by atoms with Crippen molar-refractivity contribution in [3.05, 3.63) is 10.4 Å². The van der Waals surface area contributed by atoms with Crippen LogP contribution in [0, 0.1) is 0 Å². The van der Waals surface area contributed by atoms with Crippen molar-refractivity contribution in [3.8, 4) is 6.01 Å². The number of nitrogens with one attached hydrogen (secondary N) is 1. The van der Waals surface area contributed by atoms with Crippen LogP contribution in [0.2, 0.25) is 0 Å². The van der Waals surface area contributed by atoms with Crippen molar-refractivity contribution in [1.29, 1.82) is 0 Å². The van der Waals surface area contributed by atoms with Gasteiger partial charge in [-0.05, 0) is 0 Å². The molecule has 2 aromatic heterocycles. The van der Waals surface area contributed by atoms with Crippen LogP contribution in [0.3, 0.4) is 0 Å². The Morgan fingerprint density at radius 2 is 2.29 bits per heavy atom. The van der Waals surface area contributed by atoms with Gasteiger partial charge in [0, 0.05) is 6.42 Å². The lowest BCUT2D eigenvalue weighted by Crippen LogP contribution is -2.24. The number of hydrogen-bond donors (Lipinski definition) is 5. The Labute approximate surface area is 116 Å². The summed E-state index contributed by atoms with van der Waals surface area (Å²) in [5, 5.41) is 27.8. The Morgan fingerprint density at radius 3 is 2.90 bits per heavy atom. The van der Waals surface area contributed by atoms with Crippen LogP contribution in [-0.4, -0.2) is 53.8 Å². The highest BCUT2D eigenvalue weighted by atomic mass is 17.1. The molecule has 0 bridgehead atoms. The van der Waals surface area contributed by atoms with Crippen LogP contribution >= 0.6 is 0 Å². The maximum absolute atomic E-state index is 11.8. The fourth-order valence-electron chi connectivity index (χ4n) is 2.34. The molecule has 0 amide bonds.